The molecule has 4 nitrogen and oxygen atoms in total. The molecule has 0 aliphatic rings. The quantitative estimate of drug-likeness (QED) is 0.870. The molecule has 5 heteroatoms. The Morgan fingerprint density at radius 3 is 3.06 bits per heavy atom. The minimum Gasteiger partial charge on any atom is -0.397 e. The number of pyridine rings is 1. The van der Waals surface area contributed by atoms with E-state index in [-0.39, 0.29) is 6.04 Å². The van der Waals surface area contributed by atoms with Gasteiger partial charge in [-0.05, 0) is 35.4 Å². The smallest absolute Gasteiger partial charge is 0.144 e. The number of thiophene rings is 1. The molecule has 2 aromatic rings. The van der Waals surface area contributed by atoms with E-state index in [2.05, 4.69) is 21.8 Å². The summed E-state index contributed by atoms with van der Waals surface area (Å²) in [5, 5.41) is 16.3. The highest BCUT2D eigenvalue weighted by Crippen LogP contribution is 2.22. The normalized spacial score (nSPS) is 11.8. The van der Waals surface area contributed by atoms with Crippen molar-refractivity contribution in [3.8, 4) is 6.07 Å². The first kappa shape index (κ1) is 11.4. The molecule has 0 fully saturated rings. The average Bonchev–Trinajstić information content (AvgIpc) is 2.85. The number of hydrogen-bond donors (Lipinski definition) is 2. The summed E-state index contributed by atoms with van der Waals surface area (Å²) >= 11 is 1.65. The zero-order valence-electron chi connectivity index (χ0n) is 9.34. The predicted octanol–water partition coefficient (Wildman–Crippen LogP) is 2.77. The average molecular weight is 244 g/mol. The molecule has 1 unspecified atom stereocenters. The van der Waals surface area contributed by atoms with Crippen LogP contribution in [0.2, 0.25) is 0 Å². The van der Waals surface area contributed by atoms with Crippen molar-refractivity contribution in [1.82, 2.24) is 4.98 Å². The highest BCUT2D eigenvalue weighted by Gasteiger charge is 2.10. The zero-order chi connectivity index (χ0) is 12.3. The molecular formula is C12H12N4S. The van der Waals surface area contributed by atoms with Gasteiger partial charge in [-0.3, -0.25) is 0 Å². The third-order valence-electron chi connectivity index (χ3n) is 2.43. The summed E-state index contributed by atoms with van der Waals surface area (Å²) in [5.41, 5.74) is 7.73. The first-order chi connectivity index (χ1) is 8.20. The fourth-order valence-corrected chi connectivity index (χ4v) is 2.25. The Morgan fingerprint density at radius 2 is 2.41 bits per heavy atom. The van der Waals surface area contributed by atoms with Crippen LogP contribution in [0.5, 0.6) is 0 Å². The van der Waals surface area contributed by atoms with Gasteiger partial charge in [0.05, 0.1) is 23.5 Å². The molecule has 17 heavy (non-hydrogen) atoms. The van der Waals surface area contributed by atoms with Crippen molar-refractivity contribution in [2.24, 2.45) is 0 Å². The second-order valence-corrected chi connectivity index (χ2v) is 4.48. The van der Waals surface area contributed by atoms with Gasteiger partial charge in [0.2, 0.25) is 0 Å². The van der Waals surface area contributed by atoms with Gasteiger partial charge in [-0.2, -0.15) is 16.6 Å². The van der Waals surface area contributed by atoms with E-state index < -0.39 is 0 Å². The Balaban J connectivity index is 2.22. The molecule has 0 saturated carbocycles. The van der Waals surface area contributed by atoms with Gasteiger partial charge in [0.1, 0.15) is 11.9 Å². The standard InChI is InChI=1S/C12H12N4S/c1-8(9-2-3-17-7-9)16-12-10(5-13)4-11(14)6-15-12/h2-4,6-8H,14H2,1H3,(H,15,16). The predicted molar refractivity (Wildman–Crippen MR) is 69.7 cm³/mol. The molecule has 0 bridgehead atoms. The van der Waals surface area contributed by atoms with Gasteiger partial charge >= 0.3 is 0 Å². The van der Waals surface area contributed by atoms with Gasteiger partial charge in [0.25, 0.3) is 0 Å². The minimum absolute atomic E-state index is 0.115. The van der Waals surface area contributed by atoms with E-state index in [4.69, 9.17) is 11.0 Å². The summed E-state index contributed by atoms with van der Waals surface area (Å²) in [7, 11) is 0. The number of nitrogen functional groups attached to an aromatic ring is 1. The summed E-state index contributed by atoms with van der Waals surface area (Å²) in [6.07, 6.45) is 1.55. The molecule has 0 spiro atoms. The van der Waals surface area contributed by atoms with E-state index >= 15 is 0 Å². The van der Waals surface area contributed by atoms with Crippen LogP contribution < -0.4 is 11.1 Å². The van der Waals surface area contributed by atoms with Gasteiger partial charge in [-0.15, -0.1) is 0 Å². The first-order valence-electron chi connectivity index (χ1n) is 5.15. The lowest BCUT2D eigenvalue weighted by molar-refractivity contribution is 0.879. The van der Waals surface area contributed by atoms with Crippen molar-refractivity contribution >= 4 is 22.8 Å². The van der Waals surface area contributed by atoms with Crippen molar-refractivity contribution < 1.29 is 0 Å². The molecule has 3 N–H and O–H groups in total. The van der Waals surface area contributed by atoms with Gasteiger partial charge < -0.3 is 11.1 Å². The zero-order valence-corrected chi connectivity index (χ0v) is 10.2. The van der Waals surface area contributed by atoms with Crippen molar-refractivity contribution in [2.45, 2.75) is 13.0 Å². The summed E-state index contributed by atoms with van der Waals surface area (Å²) < 4.78 is 0. The summed E-state index contributed by atoms with van der Waals surface area (Å²) in [5.74, 6) is 0.570. The van der Waals surface area contributed by atoms with Crippen LogP contribution in [0, 0.1) is 11.3 Å². The summed E-state index contributed by atoms with van der Waals surface area (Å²) in [6.45, 7) is 2.03. The van der Waals surface area contributed by atoms with Crippen molar-refractivity contribution in [1.29, 1.82) is 5.26 Å². The van der Waals surface area contributed by atoms with E-state index in [9.17, 15) is 0 Å². The Labute approximate surface area is 104 Å². The second-order valence-electron chi connectivity index (χ2n) is 3.70. The number of nitrogens with two attached hydrogens (primary N) is 1. The van der Waals surface area contributed by atoms with Gasteiger partial charge in [0, 0.05) is 0 Å². The van der Waals surface area contributed by atoms with E-state index in [1.165, 1.54) is 5.56 Å². The molecule has 0 aromatic carbocycles. The van der Waals surface area contributed by atoms with Gasteiger partial charge in [-0.1, -0.05) is 0 Å². The number of hydrogen-bond acceptors (Lipinski definition) is 5. The molecule has 0 aliphatic carbocycles. The molecule has 0 amide bonds. The summed E-state index contributed by atoms with van der Waals surface area (Å²) in [6, 6.07) is 5.87. The topological polar surface area (TPSA) is 74.7 Å². The number of nitriles is 1. The molecular weight excluding hydrogens is 232 g/mol. The lowest BCUT2D eigenvalue weighted by atomic mass is 10.1. The molecule has 2 aromatic heterocycles. The third-order valence-corrected chi connectivity index (χ3v) is 3.13. The lowest BCUT2D eigenvalue weighted by Crippen LogP contribution is -2.08. The largest absolute Gasteiger partial charge is 0.397 e. The van der Waals surface area contributed by atoms with E-state index in [0.29, 0.717) is 17.1 Å². The molecule has 2 heterocycles. The lowest BCUT2D eigenvalue weighted by Gasteiger charge is -2.14. The van der Waals surface area contributed by atoms with Gasteiger partial charge in [-0.25, -0.2) is 4.98 Å². The van der Waals surface area contributed by atoms with E-state index in [1.54, 1.807) is 23.6 Å². The first-order valence-corrected chi connectivity index (χ1v) is 6.09. The molecule has 1 atom stereocenters. The number of nitrogens with zero attached hydrogens (tertiary/aromatic N) is 2. The van der Waals surface area contributed by atoms with Crippen LogP contribution in [0.25, 0.3) is 0 Å². The number of aromatic nitrogens is 1. The Bertz CT molecular complexity index is 542. The van der Waals surface area contributed by atoms with Crippen molar-refractivity contribution in [3.63, 3.8) is 0 Å². The highest BCUT2D eigenvalue weighted by molar-refractivity contribution is 7.07. The van der Waals surface area contributed by atoms with Crippen molar-refractivity contribution in [2.75, 3.05) is 11.1 Å². The Kier molecular flexibility index (Phi) is 3.26. The van der Waals surface area contributed by atoms with Crippen LogP contribution in [0.3, 0.4) is 0 Å². The van der Waals surface area contributed by atoms with Crippen LogP contribution in [0.4, 0.5) is 11.5 Å². The Morgan fingerprint density at radius 1 is 1.59 bits per heavy atom. The minimum atomic E-state index is 0.115. The molecule has 2 rings (SSSR count). The SMILES string of the molecule is CC(Nc1ncc(N)cc1C#N)c1ccsc1. The fraction of sp³-hybridized carbons (Fsp3) is 0.167. The second kappa shape index (κ2) is 4.85. The molecule has 0 radical (unpaired) electrons. The van der Waals surface area contributed by atoms with Crippen LogP contribution in [-0.4, -0.2) is 4.98 Å². The van der Waals surface area contributed by atoms with Crippen LogP contribution in [0.1, 0.15) is 24.1 Å². The van der Waals surface area contributed by atoms with E-state index in [0.717, 1.165) is 0 Å². The van der Waals surface area contributed by atoms with Crippen molar-refractivity contribution in [3.05, 3.63) is 40.2 Å². The van der Waals surface area contributed by atoms with Crippen LogP contribution >= 0.6 is 11.3 Å². The van der Waals surface area contributed by atoms with Gasteiger partial charge in [0.15, 0.2) is 0 Å². The highest BCUT2D eigenvalue weighted by atomic mass is 32.1. The van der Waals surface area contributed by atoms with Crippen LogP contribution in [0.15, 0.2) is 29.1 Å². The maximum atomic E-state index is 9.00. The Hall–Kier alpha value is -2.06. The monoisotopic (exact) mass is 244 g/mol. The number of anilines is 2. The maximum absolute atomic E-state index is 9.00. The number of rotatable bonds is 3. The molecule has 0 aliphatic heterocycles. The summed E-state index contributed by atoms with van der Waals surface area (Å²) in [4.78, 5) is 4.14. The van der Waals surface area contributed by atoms with Crippen LogP contribution in [-0.2, 0) is 0 Å². The third kappa shape index (κ3) is 2.55. The number of nitrogens with one attached hydrogen (secondary N) is 1. The molecule has 86 valence electrons. The fourth-order valence-electron chi connectivity index (χ4n) is 1.49. The molecule has 0 saturated heterocycles. The van der Waals surface area contributed by atoms with E-state index in [1.807, 2.05) is 18.4 Å². The maximum Gasteiger partial charge on any atom is 0.144 e.